The van der Waals surface area contributed by atoms with Crippen molar-refractivity contribution in [1.82, 2.24) is 0 Å². The maximum atomic E-state index is 14.0. The predicted octanol–water partition coefficient (Wildman–Crippen LogP) is 4.10. The second kappa shape index (κ2) is 6.82. The molecule has 0 saturated heterocycles. The molecule has 2 atom stereocenters. The van der Waals surface area contributed by atoms with Gasteiger partial charge in [-0.15, -0.1) is 0 Å². The summed E-state index contributed by atoms with van der Waals surface area (Å²) in [6.07, 6.45) is 0.780. The molecule has 0 radical (unpaired) electrons. The highest BCUT2D eigenvalue weighted by molar-refractivity contribution is 5.77. The largest absolute Gasteiger partial charge is 0.466 e. The first kappa shape index (κ1) is 15.5. The highest BCUT2D eigenvalue weighted by Gasteiger charge is 2.45. The van der Waals surface area contributed by atoms with Crippen molar-refractivity contribution in [3.05, 3.63) is 65.5 Å². The van der Waals surface area contributed by atoms with Gasteiger partial charge in [-0.2, -0.15) is 0 Å². The van der Waals surface area contributed by atoms with Crippen LogP contribution in [0.15, 0.2) is 48.5 Å². The normalized spacial score (nSPS) is 19.2. The van der Waals surface area contributed by atoms with Gasteiger partial charge >= 0.3 is 5.97 Å². The van der Waals surface area contributed by atoms with Gasteiger partial charge in [-0.3, -0.25) is 4.79 Å². The van der Waals surface area contributed by atoms with Crippen LogP contribution in [-0.2, 0) is 16.1 Å². The molecule has 1 N–H and O–H groups in total. The van der Waals surface area contributed by atoms with Crippen LogP contribution in [0.25, 0.3) is 0 Å². The Hall–Kier alpha value is -2.36. The Kier molecular flexibility index (Phi) is 4.60. The van der Waals surface area contributed by atoms with Crippen molar-refractivity contribution >= 4 is 11.7 Å². The molecule has 2 aromatic carbocycles. The molecule has 0 aliphatic heterocycles. The van der Waals surface area contributed by atoms with Gasteiger partial charge in [0.15, 0.2) is 0 Å². The van der Waals surface area contributed by atoms with Gasteiger partial charge in [-0.25, -0.2) is 4.39 Å². The Labute approximate surface area is 135 Å². The molecular weight excluding hydrogens is 293 g/mol. The number of benzene rings is 2. The summed E-state index contributed by atoms with van der Waals surface area (Å²) in [7, 11) is 0. The molecule has 4 heteroatoms. The van der Waals surface area contributed by atoms with Gasteiger partial charge in [-0.1, -0.05) is 36.4 Å². The quantitative estimate of drug-likeness (QED) is 0.816. The van der Waals surface area contributed by atoms with E-state index in [9.17, 15) is 9.18 Å². The van der Waals surface area contributed by atoms with E-state index in [-0.39, 0.29) is 23.6 Å². The third-order valence-corrected chi connectivity index (χ3v) is 4.12. The van der Waals surface area contributed by atoms with Crippen LogP contribution in [0.1, 0.15) is 30.4 Å². The van der Waals surface area contributed by atoms with Crippen molar-refractivity contribution in [1.29, 1.82) is 0 Å². The maximum absolute atomic E-state index is 14.0. The Bertz CT molecular complexity index is 687. The number of ether oxygens (including phenoxy) is 1. The smallest absolute Gasteiger partial charge is 0.309 e. The van der Waals surface area contributed by atoms with Crippen molar-refractivity contribution in [2.75, 3.05) is 11.9 Å². The molecule has 3 nitrogen and oxygen atoms in total. The van der Waals surface area contributed by atoms with E-state index in [1.165, 1.54) is 6.07 Å². The van der Waals surface area contributed by atoms with Crippen molar-refractivity contribution < 1.29 is 13.9 Å². The predicted molar refractivity (Wildman–Crippen MR) is 87.6 cm³/mol. The molecule has 0 aromatic heterocycles. The minimum absolute atomic E-state index is 0.0811. The third-order valence-electron chi connectivity index (χ3n) is 4.12. The fourth-order valence-electron chi connectivity index (χ4n) is 2.78. The molecule has 2 aromatic rings. The molecular formula is C19H20FNO2. The number of carbonyl (C=O) groups excluding carboxylic acids is 1. The SMILES string of the molecule is CCOC(=O)C1CC1c1ccc(F)c(NCc2ccccc2)c1. The third kappa shape index (κ3) is 3.70. The number of halogens is 1. The lowest BCUT2D eigenvalue weighted by molar-refractivity contribution is -0.144. The van der Waals surface area contributed by atoms with Crippen molar-refractivity contribution in [3.63, 3.8) is 0 Å². The molecule has 1 aliphatic rings. The number of hydrogen-bond donors (Lipinski definition) is 1. The maximum Gasteiger partial charge on any atom is 0.309 e. The van der Waals surface area contributed by atoms with Gasteiger partial charge in [0, 0.05) is 6.54 Å². The van der Waals surface area contributed by atoms with Crippen molar-refractivity contribution in [2.45, 2.75) is 25.8 Å². The topological polar surface area (TPSA) is 38.3 Å². The van der Waals surface area contributed by atoms with Crippen LogP contribution < -0.4 is 5.32 Å². The van der Waals surface area contributed by atoms with Gasteiger partial charge in [0.05, 0.1) is 18.2 Å². The van der Waals surface area contributed by atoms with Crippen LogP contribution in [-0.4, -0.2) is 12.6 Å². The first-order chi connectivity index (χ1) is 11.2. The Morgan fingerprint density at radius 2 is 2.04 bits per heavy atom. The number of anilines is 1. The van der Waals surface area contributed by atoms with Gasteiger partial charge in [-0.05, 0) is 42.5 Å². The van der Waals surface area contributed by atoms with Crippen LogP contribution in [0.4, 0.5) is 10.1 Å². The minimum atomic E-state index is -0.280. The van der Waals surface area contributed by atoms with Crippen LogP contribution in [0.5, 0.6) is 0 Å². The van der Waals surface area contributed by atoms with E-state index in [4.69, 9.17) is 4.74 Å². The van der Waals surface area contributed by atoms with Crippen molar-refractivity contribution in [2.24, 2.45) is 5.92 Å². The molecule has 0 heterocycles. The standard InChI is InChI=1S/C19H20FNO2/c1-2-23-19(22)16-11-15(16)14-8-9-17(20)18(10-14)21-12-13-6-4-3-5-7-13/h3-10,15-16,21H,2,11-12H2,1H3. The Morgan fingerprint density at radius 3 is 2.78 bits per heavy atom. The van der Waals surface area contributed by atoms with Crippen LogP contribution >= 0.6 is 0 Å². The molecule has 1 aliphatic carbocycles. The first-order valence-electron chi connectivity index (χ1n) is 7.93. The monoisotopic (exact) mass is 313 g/mol. The zero-order chi connectivity index (χ0) is 16.2. The fraction of sp³-hybridized carbons (Fsp3) is 0.316. The fourth-order valence-corrected chi connectivity index (χ4v) is 2.78. The van der Waals surface area contributed by atoms with Gasteiger partial charge in [0.2, 0.25) is 0 Å². The first-order valence-corrected chi connectivity index (χ1v) is 7.93. The summed E-state index contributed by atoms with van der Waals surface area (Å²) in [6, 6.07) is 14.9. The van der Waals surface area contributed by atoms with E-state index >= 15 is 0 Å². The molecule has 0 bridgehead atoms. The summed E-state index contributed by atoms with van der Waals surface area (Å²) in [5.74, 6) is -0.368. The van der Waals surface area contributed by atoms with Gasteiger partial charge < -0.3 is 10.1 Å². The van der Waals surface area contributed by atoms with Crippen molar-refractivity contribution in [3.8, 4) is 0 Å². The Balaban J connectivity index is 1.67. The number of nitrogens with one attached hydrogen (secondary N) is 1. The second-order valence-corrected chi connectivity index (χ2v) is 5.78. The van der Waals surface area contributed by atoms with E-state index < -0.39 is 0 Å². The number of hydrogen-bond acceptors (Lipinski definition) is 3. The molecule has 3 rings (SSSR count). The minimum Gasteiger partial charge on any atom is -0.466 e. The van der Waals surface area contributed by atoms with E-state index in [2.05, 4.69) is 5.32 Å². The average Bonchev–Trinajstić information content (AvgIpc) is 3.36. The van der Waals surface area contributed by atoms with E-state index in [1.807, 2.05) is 36.4 Å². The number of rotatable bonds is 6. The summed E-state index contributed by atoms with van der Waals surface area (Å²) in [5.41, 5.74) is 2.55. The molecule has 0 spiro atoms. The number of carbonyl (C=O) groups is 1. The molecule has 2 unspecified atom stereocenters. The lowest BCUT2D eigenvalue weighted by Gasteiger charge is -2.10. The highest BCUT2D eigenvalue weighted by atomic mass is 19.1. The lowest BCUT2D eigenvalue weighted by Crippen LogP contribution is -2.07. The average molecular weight is 313 g/mol. The van der Waals surface area contributed by atoms with Gasteiger partial charge in [0.1, 0.15) is 5.82 Å². The molecule has 1 fully saturated rings. The van der Waals surface area contributed by atoms with Crippen LogP contribution in [0, 0.1) is 11.7 Å². The molecule has 1 saturated carbocycles. The summed E-state index contributed by atoms with van der Waals surface area (Å²) in [6.45, 7) is 2.77. The Morgan fingerprint density at radius 1 is 1.26 bits per heavy atom. The zero-order valence-electron chi connectivity index (χ0n) is 13.1. The van der Waals surface area contributed by atoms with Crippen LogP contribution in [0.2, 0.25) is 0 Å². The number of esters is 1. The van der Waals surface area contributed by atoms with Gasteiger partial charge in [0.25, 0.3) is 0 Å². The zero-order valence-corrected chi connectivity index (χ0v) is 13.1. The molecule has 23 heavy (non-hydrogen) atoms. The van der Waals surface area contributed by atoms with E-state index in [0.717, 1.165) is 17.5 Å². The van der Waals surface area contributed by atoms with Crippen LogP contribution in [0.3, 0.4) is 0 Å². The summed E-state index contributed by atoms with van der Waals surface area (Å²) < 4.78 is 19.0. The summed E-state index contributed by atoms with van der Waals surface area (Å²) >= 11 is 0. The second-order valence-electron chi connectivity index (χ2n) is 5.78. The van der Waals surface area contributed by atoms with E-state index in [1.54, 1.807) is 13.0 Å². The molecule has 0 amide bonds. The summed E-state index contributed by atoms with van der Waals surface area (Å²) in [4.78, 5) is 11.7. The highest BCUT2D eigenvalue weighted by Crippen LogP contribution is 2.48. The molecule has 120 valence electrons. The lowest BCUT2D eigenvalue weighted by atomic mass is 10.1. The van der Waals surface area contributed by atoms with E-state index in [0.29, 0.717) is 18.8 Å². The summed E-state index contributed by atoms with van der Waals surface area (Å²) in [5, 5.41) is 3.13.